The average Bonchev–Trinajstić information content (AvgIpc) is 2.42. The fourth-order valence-electron chi connectivity index (χ4n) is 1.63. The third-order valence-corrected chi connectivity index (χ3v) is 2.91. The summed E-state index contributed by atoms with van der Waals surface area (Å²) in [5.41, 5.74) is 1.28. The van der Waals surface area contributed by atoms with E-state index in [1.54, 1.807) is 14.2 Å². The Bertz CT molecular complexity index is 363. The fraction of sp³-hybridized carbons (Fsp3) is 0.500. The molecule has 18 heavy (non-hydrogen) atoms. The predicted octanol–water partition coefficient (Wildman–Crippen LogP) is 1.35. The van der Waals surface area contributed by atoms with Gasteiger partial charge in [0.15, 0.2) is 0 Å². The zero-order valence-corrected chi connectivity index (χ0v) is 11.3. The summed E-state index contributed by atoms with van der Waals surface area (Å²) in [5.74, 6) is 0.899. The number of hydrogen-bond donors (Lipinski definition) is 2. The first-order chi connectivity index (χ1) is 8.65. The van der Waals surface area contributed by atoms with Crippen LogP contribution in [-0.2, 0) is 11.2 Å². The molecule has 0 saturated heterocycles. The maximum absolute atomic E-state index is 11.1. The first-order valence-electron chi connectivity index (χ1n) is 6.22. The van der Waals surface area contributed by atoms with E-state index in [9.17, 15) is 4.79 Å². The number of amides is 1. The predicted molar refractivity (Wildman–Crippen MR) is 72.8 cm³/mol. The summed E-state index contributed by atoms with van der Waals surface area (Å²) in [6.45, 7) is 2.47. The minimum Gasteiger partial charge on any atom is -0.497 e. The topological polar surface area (TPSA) is 50.4 Å². The lowest BCUT2D eigenvalue weighted by atomic mass is 10.1. The van der Waals surface area contributed by atoms with Gasteiger partial charge in [-0.05, 0) is 37.5 Å². The number of carbonyl (C=O) groups is 1. The summed E-state index contributed by atoms with van der Waals surface area (Å²) in [5, 5.41) is 5.78. The number of hydrogen-bond acceptors (Lipinski definition) is 3. The van der Waals surface area contributed by atoms with E-state index >= 15 is 0 Å². The van der Waals surface area contributed by atoms with Gasteiger partial charge in [0, 0.05) is 13.1 Å². The van der Waals surface area contributed by atoms with Gasteiger partial charge >= 0.3 is 0 Å². The Kier molecular flexibility index (Phi) is 6.22. The summed E-state index contributed by atoms with van der Waals surface area (Å²) in [7, 11) is 3.31. The highest BCUT2D eigenvalue weighted by Crippen LogP contribution is 2.13. The van der Waals surface area contributed by atoms with Crippen molar-refractivity contribution >= 4 is 5.91 Å². The van der Waals surface area contributed by atoms with Gasteiger partial charge in [-0.15, -0.1) is 0 Å². The number of likely N-dealkylation sites (N-methyl/N-ethyl adjacent to an activating group) is 1. The van der Waals surface area contributed by atoms with E-state index in [0.29, 0.717) is 12.6 Å². The lowest BCUT2D eigenvalue weighted by Gasteiger charge is -2.13. The van der Waals surface area contributed by atoms with Crippen LogP contribution >= 0.6 is 0 Å². The first-order valence-corrected chi connectivity index (χ1v) is 6.22. The van der Waals surface area contributed by atoms with E-state index in [1.807, 2.05) is 12.1 Å². The maximum Gasteiger partial charge on any atom is 0.233 e. The van der Waals surface area contributed by atoms with Crippen LogP contribution < -0.4 is 15.4 Å². The first kappa shape index (κ1) is 14.5. The molecule has 1 aromatic rings. The Hall–Kier alpha value is -1.55. The van der Waals surface area contributed by atoms with Crippen molar-refractivity contribution in [1.82, 2.24) is 10.6 Å². The molecule has 0 aliphatic carbocycles. The van der Waals surface area contributed by atoms with Crippen LogP contribution in [0, 0.1) is 0 Å². The Balaban J connectivity index is 2.28. The van der Waals surface area contributed by atoms with Crippen LogP contribution in [0.5, 0.6) is 5.75 Å². The second-order valence-electron chi connectivity index (χ2n) is 4.34. The van der Waals surface area contributed by atoms with E-state index in [0.717, 1.165) is 18.6 Å². The van der Waals surface area contributed by atoms with Gasteiger partial charge < -0.3 is 15.4 Å². The molecule has 1 amide bonds. The van der Waals surface area contributed by atoms with E-state index in [2.05, 4.69) is 29.7 Å². The van der Waals surface area contributed by atoms with E-state index in [-0.39, 0.29) is 5.91 Å². The van der Waals surface area contributed by atoms with Gasteiger partial charge in [-0.3, -0.25) is 4.79 Å². The summed E-state index contributed by atoms with van der Waals surface area (Å²) < 4.78 is 5.12. The van der Waals surface area contributed by atoms with Crippen LogP contribution in [0.2, 0.25) is 0 Å². The molecule has 0 spiro atoms. The molecule has 1 unspecified atom stereocenters. The monoisotopic (exact) mass is 250 g/mol. The molecule has 0 aromatic heterocycles. The number of aryl methyl sites for hydroxylation is 1. The van der Waals surface area contributed by atoms with Gasteiger partial charge in [0.2, 0.25) is 5.91 Å². The SMILES string of the molecule is CNC(=O)CNC(C)CCc1ccc(OC)cc1. The fourth-order valence-corrected chi connectivity index (χ4v) is 1.63. The van der Waals surface area contributed by atoms with Crippen molar-refractivity contribution in [1.29, 1.82) is 0 Å². The second kappa shape index (κ2) is 7.71. The van der Waals surface area contributed by atoms with Gasteiger partial charge in [0.05, 0.1) is 13.7 Å². The number of nitrogens with one attached hydrogen (secondary N) is 2. The van der Waals surface area contributed by atoms with Crippen molar-refractivity contribution in [2.45, 2.75) is 25.8 Å². The molecule has 2 N–H and O–H groups in total. The van der Waals surface area contributed by atoms with Crippen LogP contribution in [0.3, 0.4) is 0 Å². The van der Waals surface area contributed by atoms with Crippen molar-refractivity contribution in [2.24, 2.45) is 0 Å². The van der Waals surface area contributed by atoms with E-state index in [1.165, 1.54) is 5.56 Å². The number of benzene rings is 1. The zero-order valence-electron chi connectivity index (χ0n) is 11.3. The molecular weight excluding hydrogens is 228 g/mol. The molecule has 0 aliphatic rings. The van der Waals surface area contributed by atoms with Gasteiger partial charge in [-0.25, -0.2) is 0 Å². The molecule has 4 heteroatoms. The third-order valence-electron chi connectivity index (χ3n) is 2.91. The molecule has 1 rings (SSSR count). The molecule has 0 aliphatic heterocycles. The van der Waals surface area contributed by atoms with Gasteiger partial charge in [0.1, 0.15) is 5.75 Å². The summed E-state index contributed by atoms with van der Waals surface area (Å²) in [4.78, 5) is 11.1. The molecule has 4 nitrogen and oxygen atoms in total. The number of rotatable bonds is 7. The Morgan fingerprint density at radius 2 is 2.00 bits per heavy atom. The summed E-state index contributed by atoms with van der Waals surface area (Å²) in [6, 6.07) is 8.41. The molecule has 1 aromatic carbocycles. The van der Waals surface area contributed by atoms with Gasteiger partial charge in [-0.1, -0.05) is 12.1 Å². The average molecular weight is 250 g/mol. The van der Waals surface area contributed by atoms with Crippen molar-refractivity contribution in [3.8, 4) is 5.75 Å². The molecule has 1 atom stereocenters. The Labute approximate surface area is 109 Å². The lowest BCUT2D eigenvalue weighted by Crippen LogP contribution is -2.36. The summed E-state index contributed by atoms with van der Waals surface area (Å²) in [6.07, 6.45) is 2.00. The standard InChI is InChI=1S/C14H22N2O2/c1-11(16-10-14(17)15-2)4-5-12-6-8-13(18-3)9-7-12/h6-9,11,16H,4-5,10H2,1-3H3,(H,15,17). The quantitative estimate of drug-likeness (QED) is 0.768. The highest BCUT2D eigenvalue weighted by Gasteiger charge is 2.04. The molecule has 0 heterocycles. The van der Waals surface area contributed by atoms with Crippen molar-refractivity contribution in [3.63, 3.8) is 0 Å². The smallest absolute Gasteiger partial charge is 0.233 e. The Morgan fingerprint density at radius 3 is 2.56 bits per heavy atom. The van der Waals surface area contributed by atoms with E-state index in [4.69, 9.17) is 4.74 Å². The molecular formula is C14H22N2O2. The van der Waals surface area contributed by atoms with E-state index < -0.39 is 0 Å². The van der Waals surface area contributed by atoms with Crippen LogP contribution in [0.15, 0.2) is 24.3 Å². The van der Waals surface area contributed by atoms with Crippen molar-refractivity contribution in [3.05, 3.63) is 29.8 Å². The van der Waals surface area contributed by atoms with Gasteiger partial charge in [-0.2, -0.15) is 0 Å². The van der Waals surface area contributed by atoms with Crippen molar-refractivity contribution in [2.75, 3.05) is 20.7 Å². The number of methoxy groups -OCH3 is 1. The second-order valence-corrected chi connectivity index (χ2v) is 4.34. The van der Waals surface area contributed by atoms with Crippen LogP contribution in [0.4, 0.5) is 0 Å². The summed E-state index contributed by atoms with van der Waals surface area (Å²) >= 11 is 0. The molecule has 100 valence electrons. The minimum absolute atomic E-state index is 0.0197. The highest BCUT2D eigenvalue weighted by molar-refractivity contribution is 5.77. The molecule has 0 radical (unpaired) electrons. The molecule has 0 fully saturated rings. The number of carbonyl (C=O) groups excluding carboxylic acids is 1. The minimum atomic E-state index is 0.0197. The Morgan fingerprint density at radius 1 is 1.33 bits per heavy atom. The lowest BCUT2D eigenvalue weighted by molar-refractivity contribution is -0.119. The maximum atomic E-state index is 11.1. The third kappa shape index (κ3) is 5.19. The largest absolute Gasteiger partial charge is 0.497 e. The van der Waals surface area contributed by atoms with Crippen LogP contribution in [-0.4, -0.2) is 32.7 Å². The normalized spacial score (nSPS) is 11.9. The molecule has 0 saturated carbocycles. The zero-order chi connectivity index (χ0) is 13.4. The molecule has 0 bridgehead atoms. The van der Waals surface area contributed by atoms with Crippen LogP contribution in [0.25, 0.3) is 0 Å². The number of ether oxygens (including phenoxy) is 1. The van der Waals surface area contributed by atoms with Gasteiger partial charge in [0.25, 0.3) is 0 Å². The van der Waals surface area contributed by atoms with Crippen molar-refractivity contribution < 1.29 is 9.53 Å². The van der Waals surface area contributed by atoms with Crippen LogP contribution in [0.1, 0.15) is 18.9 Å². The highest BCUT2D eigenvalue weighted by atomic mass is 16.5.